The largest absolute Gasteiger partial charge is 0.461 e. The molecule has 0 amide bonds. The Hall–Kier alpha value is -2.04. The van der Waals surface area contributed by atoms with Crippen molar-refractivity contribution in [2.75, 3.05) is 0 Å². The maximum Gasteiger partial charge on any atom is 0.361 e. The highest BCUT2D eigenvalue weighted by atomic mass is 16.5. The Labute approximate surface area is 135 Å². The smallest absolute Gasteiger partial charge is 0.361 e. The van der Waals surface area contributed by atoms with Gasteiger partial charge in [-0.1, -0.05) is 25.7 Å². The number of carbonyl (C=O) groups is 1. The summed E-state index contributed by atoms with van der Waals surface area (Å²) in [5, 5.41) is 0. The average molecular weight is 315 g/mol. The minimum atomic E-state index is -0.413. The van der Waals surface area contributed by atoms with Crippen LogP contribution in [0.25, 0.3) is 11.5 Å². The van der Waals surface area contributed by atoms with Crippen molar-refractivity contribution in [2.45, 2.75) is 51.0 Å². The molecule has 2 aliphatic rings. The second-order valence-electron chi connectivity index (χ2n) is 6.65. The summed E-state index contributed by atoms with van der Waals surface area (Å²) in [6.07, 6.45) is 11.2. The van der Waals surface area contributed by atoms with Crippen LogP contribution in [0, 0.1) is 11.8 Å². The van der Waals surface area contributed by atoms with Gasteiger partial charge in [0.2, 0.25) is 5.76 Å². The number of rotatable bonds is 3. The quantitative estimate of drug-likeness (QED) is 0.783. The molecule has 0 N–H and O–H groups in total. The highest BCUT2D eigenvalue weighted by molar-refractivity contribution is 5.92. The molecule has 2 aliphatic carbocycles. The van der Waals surface area contributed by atoms with Gasteiger partial charge < -0.3 is 13.6 Å². The van der Waals surface area contributed by atoms with E-state index in [1.54, 1.807) is 12.1 Å². The Morgan fingerprint density at radius 3 is 2.83 bits per heavy atom. The molecule has 0 aromatic carbocycles. The first kappa shape index (κ1) is 14.5. The molecule has 0 aliphatic heterocycles. The second-order valence-corrected chi connectivity index (χ2v) is 6.65. The van der Waals surface area contributed by atoms with E-state index in [0.29, 0.717) is 11.5 Å². The number of nitrogens with zero attached hydrogens (tertiary/aromatic N) is 1. The zero-order chi connectivity index (χ0) is 15.6. The molecule has 5 nitrogen and oxygen atoms in total. The van der Waals surface area contributed by atoms with Crippen LogP contribution in [0.3, 0.4) is 0 Å². The van der Waals surface area contributed by atoms with Gasteiger partial charge in [0.05, 0.1) is 6.26 Å². The van der Waals surface area contributed by atoms with Crippen LogP contribution in [0.15, 0.2) is 33.6 Å². The molecular formula is C18H21NO4. The number of hydrogen-bond donors (Lipinski definition) is 0. The monoisotopic (exact) mass is 315 g/mol. The van der Waals surface area contributed by atoms with Gasteiger partial charge >= 0.3 is 5.97 Å². The Morgan fingerprint density at radius 2 is 2.00 bits per heavy atom. The average Bonchev–Trinajstić information content (AvgIpc) is 3.25. The number of ether oxygens (including phenoxy) is 1. The van der Waals surface area contributed by atoms with Crippen LogP contribution in [0.2, 0.25) is 0 Å². The zero-order valence-corrected chi connectivity index (χ0v) is 13.1. The molecule has 4 rings (SSSR count). The SMILES string of the molecule is O=C(OC1CCC2CCCCC2C1)c1ncoc1-c1ccco1. The van der Waals surface area contributed by atoms with Gasteiger partial charge in [0.15, 0.2) is 17.8 Å². The van der Waals surface area contributed by atoms with Crippen molar-refractivity contribution in [3.05, 3.63) is 30.5 Å². The molecule has 0 radical (unpaired) electrons. The lowest BCUT2D eigenvalue weighted by Gasteiger charge is -2.38. The predicted octanol–water partition coefficient (Wildman–Crippen LogP) is 4.45. The number of esters is 1. The molecule has 0 bridgehead atoms. The molecule has 122 valence electrons. The van der Waals surface area contributed by atoms with Gasteiger partial charge in [0.1, 0.15) is 6.10 Å². The van der Waals surface area contributed by atoms with Crippen molar-refractivity contribution in [2.24, 2.45) is 11.8 Å². The summed E-state index contributed by atoms with van der Waals surface area (Å²) in [5.74, 6) is 1.97. The lowest BCUT2D eigenvalue weighted by Crippen LogP contribution is -2.33. The molecule has 2 aromatic rings. The number of hydrogen-bond acceptors (Lipinski definition) is 5. The fourth-order valence-electron chi connectivity index (χ4n) is 4.12. The van der Waals surface area contributed by atoms with E-state index >= 15 is 0 Å². The Balaban J connectivity index is 1.44. The van der Waals surface area contributed by atoms with Crippen LogP contribution in [-0.4, -0.2) is 17.1 Å². The maximum atomic E-state index is 12.5. The molecule has 2 fully saturated rings. The summed E-state index contributed by atoms with van der Waals surface area (Å²) in [7, 11) is 0. The minimum Gasteiger partial charge on any atom is -0.461 e. The van der Waals surface area contributed by atoms with Crippen molar-refractivity contribution >= 4 is 5.97 Å². The number of oxazole rings is 1. The number of furan rings is 1. The molecule has 5 heteroatoms. The second kappa shape index (κ2) is 6.22. The first-order valence-electron chi connectivity index (χ1n) is 8.49. The molecule has 2 aromatic heterocycles. The van der Waals surface area contributed by atoms with Gasteiger partial charge in [0.25, 0.3) is 0 Å². The van der Waals surface area contributed by atoms with Crippen molar-refractivity contribution < 1.29 is 18.4 Å². The zero-order valence-electron chi connectivity index (χ0n) is 13.1. The van der Waals surface area contributed by atoms with Gasteiger partial charge in [-0.05, 0) is 43.2 Å². The van der Waals surface area contributed by atoms with Gasteiger partial charge in [-0.2, -0.15) is 0 Å². The number of carbonyl (C=O) groups excluding carboxylic acids is 1. The summed E-state index contributed by atoms with van der Waals surface area (Å²) >= 11 is 0. The summed E-state index contributed by atoms with van der Waals surface area (Å²) in [5.41, 5.74) is 0.200. The van der Waals surface area contributed by atoms with Crippen LogP contribution in [0.4, 0.5) is 0 Å². The standard InChI is InChI=1S/C18H21NO4/c20-18(16-17(22-11-19-16)15-6-3-9-21-15)23-14-8-7-12-4-1-2-5-13(12)10-14/h3,6,9,11-14H,1-2,4-5,7-8,10H2. The van der Waals surface area contributed by atoms with Gasteiger partial charge in [-0.25, -0.2) is 9.78 Å². The van der Waals surface area contributed by atoms with Crippen LogP contribution in [-0.2, 0) is 4.74 Å². The highest BCUT2D eigenvalue weighted by Gasteiger charge is 2.34. The van der Waals surface area contributed by atoms with E-state index in [4.69, 9.17) is 13.6 Å². The fourth-order valence-corrected chi connectivity index (χ4v) is 4.12. The van der Waals surface area contributed by atoms with Crippen LogP contribution >= 0.6 is 0 Å². The topological polar surface area (TPSA) is 65.5 Å². The first-order valence-corrected chi connectivity index (χ1v) is 8.49. The molecule has 2 heterocycles. The normalized spacial score (nSPS) is 27.4. The molecule has 3 unspecified atom stereocenters. The predicted molar refractivity (Wildman–Crippen MR) is 82.7 cm³/mol. The van der Waals surface area contributed by atoms with E-state index in [9.17, 15) is 4.79 Å². The van der Waals surface area contributed by atoms with E-state index in [1.165, 1.54) is 44.8 Å². The molecular weight excluding hydrogens is 294 g/mol. The third kappa shape index (κ3) is 2.92. The Bertz CT molecular complexity index is 660. The molecule has 3 atom stereocenters. The third-order valence-electron chi connectivity index (χ3n) is 5.27. The van der Waals surface area contributed by atoms with Crippen molar-refractivity contribution in [3.63, 3.8) is 0 Å². The summed E-state index contributed by atoms with van der Waals surface area (Å²) in [6.45, 7) is 0. The Kier molecular flexibility index (Phi) is 3.93. The Morgan fingerprint density at radius 1 is 1.13 bits per heavy atom. The minimum absolute atomic E-state index is 0.00278. The summed E-state index contributed by atoms with van der Waals surface area (Å²) < 4.78 is 16.3. The lowest BCUT2D eigenvalue weighted by molar-refractivity contribution is -0.00138. The summed E-state index contributed by atoms with van der Waals surface area (Å²) in [4.78, 5) is 16.5. The van der Waals surface area contributed by atoms with Crippen molar-refractivity contribution in [1.82, 2.24) is 4.98 Å². The fraction of sp³-hybridized carbons (Fsp3) is 0.556. The van der Waals surface area contributed by atoms with Gasteiger partial charge in [-0.15, -0.1) is 0 Å². The summed E-state index contributed by atoms with van der Waals surface area (Å²) in [6, 6.07) is 3.49. The molecule has 23 heavy (non-hydrogen) atoms. The molecule has 0 spiro atoms. The number of aromatic nitrogens is 1. The molecule has 2 saturated carbocycles. The van der Waals surface area contributed by atoms with Crippen molar-refractivity contribution in [3.8, 4) is 11.5 Å². The number of fused-ring (bicyclic) bond motifs is 1. The van der Waals surface area contributed by atoms with E-state index in [0.717, 1.165) is 24.7 Å². The van der Waals surface area contributed by atoms with E-state index in [2.05, 4.69) is 4.98 Å². The first-order chi connectivity index (χ1) is 11.3. The van der Waals surface area contributed by atoms with Gasteiger partial charge in [-0.3, -0.25) is 0 Å². The maximum absolute atomic E-state index is 12.5. The van der Waals surface area contributed by atoms with Crippen LogP contribution in [0.5, 0.6) is 0 Å². The molecule has 0 saturated heterocycles. The van der Waals surface area contributed by atoms with Crippen LogP contribution < -0.4 is 0 Å². The van der Waals surface area contributed by atoms with Crippen molar-refractivity contribution in [1.29, 1.82) is 0 Å². The highest BCUT2D eigenvalue weighted by Crippen LogP contribution is 2.41. The van der Waals surface area contributed by atoms with E-state index < -0.39 is 5.97 Å². The van der Waals surface area contributed by atoms with E-state index in [-0.39, 0.29) is 11.8 Å². The third-order valence-corrected chi connectivity index (χ3v) is 5.27. The van der Waals surface area contributed by atoms with Crippen LogP contribution in [0.1, 0.15) is 55.4 Å². The lowest BCUT2D eigenvalue weighted by atomic mass is 9.70. The van der Waals surface area contributed by atoms with Gasteiger partial charge in [0, 0.05) is 0 Å². The van der Waals surface area contributed by atoms with E-state index in [1.807, 2.05) is 0 Å².